The van der Waals surface area contributed by atoms with Crippen molar-refractivity contribution in [1.82, 2.24) is 0 Å². The number of halogens is 1. The number of hydrogen-bond acceptors (Lipinski definition) is 4. The minimum atomic E-state index is -1.05. The number of carbonyl (C=O) groups is 3. The first-order valence-corrected chi connectivity index (χ1v) is 7.22. The van der Waals surface area contributed by atoms with Crippen molar-refractivity contribution in [3.05, 3.63) is 28.2 Å². The van der Waals surface area contributed by atoms with Crippen molar-refractivity contribution in [2.45, 2.75) is 25.7 Å². The van der Waals surface area contributed by atoms with Gasteiger partial charge in [0.2, 0.25) is 0 Å². The van der Waals surface area contributed by atoms with Crippen LogP contribution in [0.2, 0.25) is 0 Å². The lowest BCUT2D eigenvalue weighted by Gasteiger charge is -2.18. The lowest BCUT2D eigenvalue weighted by atomic mass is 9.82. The first-order chi connectivity index (χ1) is 9.52. The molecule has 0 bridgehead atoms. The van der Waals surface area contributed by atoms with E-state index in [-0.39, 0.29) is 23.8 Å². The highest BCUT2D eigenvalue weighted by Crippen LogP contribution is 2.27. The van der Waals surface area contributed by atoms with Gasteiger partial charge in [0.15, 0.2) is 17.3 Å². The summed E-state index contributed by atoms with van der Waals surface area (Å²) in [7, 11) is 1.56. The molecule has 1 aliphatic carbocycles. The normalized spacial score (nSPS) is 16.3. The molecule has 0 aliphatic heterocycles. The molecule has 0 heterocycles. The number of ketones is 3. The van der Waals surface area contributed by atoms with E-state index in [0.717, 1.165) is 10.0 Å². The molecule has 1 aromatic rings. The second kappa shape index (κ2) is 6.31. The fourth-order valence-electron chi connectivity index (χ4n) is 2.39. The fourth-order valence-corrected chi connectivity index (χ4v) is 2.98. The van der Waals surface area contributed by atoms with E-state index in [1.54, 1.807) is 25.3 Å². The number of methoxy groups -OCH3 is 1. The van der Waals surface area contributed by atoms with Crippen molar-refractivity contribution < 1.29 is 19.1 Å². The van der Waals surface area contributed by atoms with Gasteiger partial charge in [0.25, 0.3) is 0 Å². The van der Waals surface area contributed by atoms with Gasteiger partial charge in [-0.3, -0.25) is 14.4 Å². The van der Waals surface area contributed by atoms with Crippen LogP contribution in [-0.4, -0.2) is 24.5 Å². The second-order valence-electron chi connectivity index (χ2n) is 4.83. The molecular formula is C15H15BrO4. The van der Waals surface area contributed by atoms with Crippen molar-refractivity contribution in [3.63, 3.8) is 0 Å². The monoisotopic (exact) mass is 338 g/mol. The topological polar surface area (TPSA) is 60.4 Å². The van der Waals surface area contributed by atoms with Gasteiger partial charge in [-0.25, -0.2) is 0 Å². The van der Waals surface area contributed by atoms with Crippen molar-refractivity contribution in [2.24, 2.45) is 5.92 Å². The molecule has 0 unspecified atom stereocenters. The Hall–Kier alpha value is -1.49. The summed E-state index contributed by atoms with van der Waals surface area (Å²) in [5.74, 6) is -1.16. The molecule has 0 saturated heterocycles. The van der Waals surface area contributed by atoms with E-state index >= 15 is 0 Å². The third-order valence-corrected chi connectivity index (χ3v) is 4.03. The second-order valence-corrected chi connectivity index (χ2v) is 5.69. The quantitative estimate of drug-likeness (QED) is 0.791. The molecule has 106 valence electrons. The predicted octanol–water partition coefficient (Wildman–Crippen LogP) is 2.51. The first-order valence-electron chi connectivity index (χ1n) is 6.43. The van der Waals surface area contributed by atoms with Gasteiger partial charge in [-0.2, -0.15) is 0 Å². The number of ether oxygens (including phenoxy) is 1. The minimum Gasteiger partial charge on any atom is -0.496 e. The fraction of sp³-hybridized carbons (Fsp3) is 0.400. The maximum absolute atomic E-state index is 12.2. The summed E-state index contributed by atoms with van der Waals surface area (Å²) in [6.45, 7) is 0. The molecule has 0 spiro atoms. The Labute approximate surface area is 125 Å². The van der Waals surface area contributed by atoms with Gasteiger partial charge >= 0.3 is 0 Å². The Bertz CT molecular complexity index is 549. The Kier molecular flexibility index (Phi) is 4.70. The molecule has 1 saturated carbocycles. The number of Topliss-reactive ketones (excluding diaryl/α,β-unsaturated/α-hetero) is 3. The van der Waals surface area contributed by atoms with Gasteiger partial charge in [0, 0.05) is 19.3 Å². The predicted molar refractivity (Wildman–Crippen MR) is 76.8 cm³/mol. The Morgan fingerprint density at radius 1 is 1.30 bits per heavy atom. The molecule has 5 heteroatoms. The molecule has 2 rings (SSSR count). The van der Waals surface area contributed by atoms with Crippen LogP contribution in [-0.2, 0) is 20.8 Å². The Balaban J connectivity index is 2.13. The van der Waals surface area contributed by atoms with Gasteiger partial charge in [-0.1, -0.05) is 6.07 Å². The molecule has 0 amide bonds. The number of carbonyl (C=O) groups excluding carboxylic acids is 3. The van der Waals surface area contributed by atoms with Gasteiger partial charge < -0.3 is 4.74 Å². The molecular weight excluding hydrogens is 324 g/mol. The van der Waals surface area contributed by atoms with Gasteiger partial charge in [0.1, 0.15) is 11.7 Å². The minimum absolute atomic E-state index is 0.0880. The van der Waals surface area contributed by atoms with Crippen molar-refractivity contribution in [2.75, 3.05) is 7.11 Å². The number of hydrogen-bond donors (Lipinski definition) is 0. The van der Waals surface area contributed by atoms with Gasteiger partial charge in [-0.05, 0) is 40.0 Å². The summed E-state index contributed by atoms with van der Waals surface area (Å²) in [6, 6.07) is 5.28. The van der Waals surface area contributed by atoms with Crippen LogP contribution in [0, 0.1) is 5.92 Å². The van der Waals surface area contributed by atoms with Crippen LogP contribution in [0.3, 0.4) is 0 Å². The summed E-state index contributed by atoms with van der Waals surface area (Å²) < 4.78 is 5.86. The molecule has 0 N–H and O–H groups in total. The zero-order valence-corrected chi connectivity index (χ0v) is 12.7. The lowest BCUT2D eigenvalue weighted by Crippen LogP contribution is -2.36. The van der Waals surface area contributed by atoms with E-state index in [1.807, 2.05) is 0 Å². The molecule has 1 aromatic carbocycles. The molecule has 20 heavy (non-hydrogen) atoms. The summed E-state index contributed by atoms with van der Waals surface area (Å²) >= 11 is 3.35. The maximum Gasteiger partial charge on any atom is 0.155 e. The highest BCUT2D eigenvalue weighted by atomic mass is 79.9. The third kappa shape index (κ3) is 3.15. The maximum atomic E-state index is 12.2. The van der Waals surface area contributed by atoms with E-state index in [4.69, 9.17) is 4.74 Å². The van der Waals surface area contributed by atoms with E-state index in [2.05, 4.69) is 15.9 Å². The van der Waals surface area contributed by atoms with Crippen LogP contribution in [0.4, 0.5) is 0 Å². The van der Waals surface area contributed by atoms with Crippen molar-refractivity contribution >= 4 is 33.3 Å². The standard InChI is InChI=1S/C15H15BrO4/c1-20-14-6-5-9(7-10(14)16)8-13(19)15-11(17)3-2-4-12(15)18/h5-7,15H,2-4,8H2,1H3. The van der Waals surface area contributed by atoms with E-state index in [1.165, 1.54) is 0 Å². The average molecular weight is 339 g/mol. The largest absolute Gasteiger partial charge is 0.496 e. The van der Waals surface area contributed by atoms with Crippen LogP contribution >= 0.6 is 15.9 Å². The zero-order valence-electron chi connectivity index (χ0n) is 11.1. The van der Waals surface area contributed by atoms with Crippen LogP contribution in [0.25, 0.3) is 0 Å². The highest BCUT2D eigenvalue weighted by Gasteiger charge is 2.35. The SMILES string of the molecule is COc1ccc(CC(=O)C2C(=O)CCCC2=O)cc1Br. The van der Waals surface area contributed by atoms with E-state index in [0.29, 0.717) is 25.0 Å². The smallest absolute Gasteiger partial charge is 0.155 e. The van der Waals surface area contributed by atoms with Gasteiger partial charge in [0.05, 0.1) is 11.6 Å². The van der Waals surface area contributed by atoms with Crippen molar-refractivity contribution in [3.8, 4) is 5.75 Å². The average Bonchev–Trinajstić information content (AvgIpc) is 2.38. The molecule has 0 atom stereocenters. The lowest BCUT2D eigenvalue weighted by molar-refractivity contribution is -0.141. The number of benzene rings is 1. The Morgan fingerprint density at radius 2 is 1.95 bits per heavy atom. The molecule has 1 aliphatic rings. The summed E-state index contributed by atoms with van der Waals surface area (Å²) in [5.41, 5.74) is 0.758. The molecule has 0 aromatic heterocycles. The molecule has 1 fully saturated rings. The van der Waals surface area contributed by atoms with Crippen LogP contribution in [0.15, 0.2) is 22.7 Å². The van der Waals surface area contributed by atoms with E-state index in [9.17, 15) is 14.4 Å². The summed E-state index contributed by atoms with van der Waals surface area (Å²) in [4.78, 5) is 35.6. The van der Waals surface area contributed by atoms with Crippen LogP contribution in [0.1, 0.15) is 24.8 Å². The first kappa shape index (κ1) is 14.9. The molecule has 4 nitrogen and oxygen atoms in total. The highest BCUT2D eigenvalue weighted by molar-refractivity contribution is 9.10. The molecule has 0 radical (unpaired) electrons. The van der Waals surface area contributed by atoms with E-state index < -0.39 is 5.92 Å². The van der Waals surface area contributed by atoms with Crippen molar-refractivity contribution in [1.29, 1.82) is 0 Å². The van der Waals surface area contributed by atoms with Crippen LogP contribution < -0.4 is 4.74 Å². The third-order valence-electron chi connectivity index (χ3n) is 3.41. The summed E-state index contributed by atoms with van der Waals surface area (Å²) in [5, 5.41) is 0. The summed E-state index contributed by atoms with van der Waals surface area (Å²) in [6.07, 6.45) is 1.31. The number of rotatable bonds is 4. The van der Waals surface area contributed by atoms with Crippen LogP contribution in [0.5, 0.6) is 5.75 Å². The Morgan fingerprint density at radius 3 is 2.50 bits per heavy atom. The zero-order chi connectivity index (χ0) is 14.7. The van der Waals surface area contributed by atoms with Gasteiger partial charge in [-0.15, -0.1) is 0 Å².